The van der Waals surface area contributed by atoms with E-state index in [1.165, 1.54) is 0 Å². The molecule has 0 spiro atoms. The van der Waals surface area contributed by atoms with Gasteiger partial charge < -0.3 is 5.11 Å². The molecule has 1 unspecified atom stereocenters. The zero-order valence-electron chi connectivity index (χ0n) is 11.4. The van der Waals surface area contributed by atoms with E-state index in [4.69, 9.17) is 5.11 Å². The second-order valence-corrected chi connectivity index (χ2v) is 7.55. The number of sulfone groups is 1. The number of rotatable bonds is 4. The molecule has 0 aromatic heterocycles. The van der Waals surface area contributed by atoms with Crippen LogP contribution in [0.1, 0.15) is 17.5 Å². The molecule has 0 saturated carbocycles. The van der Waals surface area contributed by atoms with Crippen LogP contribution in [0.5, 0.6) is 0 Å². The highest BCUT2D eigenvalue weighted by molar-refractivity contribution is 7.91. The molecule has 0 bridgehead atoms. The van der Waals surface area contributed by atoms with Crippen molar-refractivity contribution in [3.8, 4) is 0 Å². The van der Waals surface area contributed by atoms with E-state index in [9.17, 15) is 13.2 Å². The van der Waals surface area contributed by atoms with Gasteiger partial charge in [0.1, 0.15) is 0 Å². The molecule has 1 aromatic rings. The quantitative estimate of drug-likeness (QED) is 0.900. The van der Waals surface area contributed by atoms with Gasteiger partial charge in [0.25, 0.3) is 0 Å². The Kier molecular flexibility index (Phi) is 4.45. The molecular formula is C14H19NO4S. The van der Waals surface area contributed by atoms with Crippen LogP contribution in [-0.4, -0.2) is 48.5 Å². The van der Waals surface area contributed by atoms with Crippen LogP contribution >= 0.6 is 0 Å². The number of nitrogens with zero attached hydrogens (tertiary/aromatic N) is 1. The van der Waals surface area contributed by atoms with E-state index in [0.717, 1.165) is 11.1 Å². The maximum absolute atomic E-state index is 11.7. The van der Waals surface area contributed by atoms with Crippen molar-refractivity contribution in [2.75, 3.05) is 18.1 Å². The molecule has 0 aliphatic carbocycles. The first kappa shape index (κ1) is 15.0. The van der Waals surface area contributed by atoms with E-state index < -0.39 is 21.8 Å². The molecule has 1 atom stereocenters. The van der Waals surface area contributed by atoms with Gasteiger partial charge in [0, 0.05) is 19.1 Å². The molecule has 1 fully saturated rings. The summed E-state index contributed by atoms with van der Waals surface area (Å²) in [4.78, 5) is 12.9. The molecule has 1 saturated heterocycles. The van der Waals surface area contributed by atoms with Crippen LogP contribution in [0.2, 0.25) is 0 Å². The molecule has 5 nitrogen and oxygen atoms in total. The van der Waals surface area contributed by atoms with Gasteiger partial charge in [-0.15, -0.1) is 0 Å². The summed E-state index contributed by atoms with van der Waals surface area (Å²) in [7, 11) is -3.12. The minimum atomic E-state index is -3.12. The molecule has 0 radical (unpaired) electrons. The predicted molar refractivity (Wildman–Crippen MR) is 76.3 cm³/mol. The minimum absolute atomic E-state index is 0.0644. The third-order valence-corrected chi connectivity index (χ3v) is 5.23. The third kappa shape index (κ3) is 4.05. The second kappa shape index (κ2) is 5.93. The van der Waals surface area contributed by atoms with Gasteiger partial charge in [-0.1, -0.05) is 29.8 Å². The number of carbonyl (C=O) groups is 1. The number of hydrogen-bond acceptors (Lipinski definition) is 4. The number of carboxylic acid groups (broad SMARTS) is 1. The Morgan fingerprint density at radius 1 is 1.45 bits per heavy atom. The molecule has 1 N–H and O–H groups in total. The summed E-state index contributed by atoms with van der Waals surface area (Å²) in [6, 6.07) is 7.54. The standard InChI is InChI=1S/C14H19NO4S/c1-11-3-2-4-12(7-11)9-15-5-6-20(18,19)10-13(15)8-14(16)17/h2-4,7,13H,5-6,8-10H2,1H3,(H,16,17). The van der Waals surface area contributed by atoms with E-state index >= 15 is 0 Å². The predicted octanol–water partition coefficient (Wildman–Crippen LogP) is 1.07. The van der Waals surface area contributed by atoms with Gasteiger partial charge in [-0.3, -0.25) is 9.69 Å². The number of aliphatic carboxylic acids is 1. The first-order chi connectivity index (χ1) is 9.35. The van der Waals surface area contributed by atoms with Gasteiger partial charge in [-0.2, -0.15) is 0 Å². The molecule has 110 valence electrons. The van der Waals surface area contributed by atoms with Crippen molar-refractivity contribution < 1.29 is 18.3 Å². The lowest BCUT2D eigenvalue weighted by Gasteiger charge is -2.34. The Bertz CT molecular complexity index is 597. The summed E-state index contributed by atoms with van der Waals surface area (Å²) < 4.78 is 23.3. The second-order valence-electron chi connectivity index (χ2n) is 5.33. The summed E-state index contributed by atoms with van der Waals surface area (Å²) in [6.07, 6.45) is -0.134. The largest absolute Gasteiger partial charge is 0.481 e. The normalized spacial score (nSPS) is 22.6. The minimum Gasteiger partial charge on any atom is -0.481 e. The zero-order chi connectivity index (χ0) is 14.8. The van der Waals surface area contributed by atoms with Gasteiger partial charge in [0.05, 0.1) is 17.9 Å². The fraction of sp³-hybridized carbons (Fsp3) is 0.500. The molecule has 1 aromatic carbocycles. The van der Waals surface area contributed by atoms with Crippen LogP contribution in [0, 0.1) is 6.92 Å². The number of aryl methyl sites for hydroxylation is 1. The van der Waals surface area contributed by atoms with E-state index in [1.807, 2.05) is 36.1 Å². The molecule has 1 heterocycles. The number of carboxylic acids is 1. The summed E-state index contributed by atoms with van der Waals surface area (Å²) in [5, 5.41) is 8.94. The fourth-order valence-corrected chi connectivity index (χ4v) is 4.16. The topological polar surface area (TPSA) is 74.7 Å². The van der Waals surface area contributed by atoms with Crippen LogP contribution in [0.15, 0.2) is 24.3 Å². The van der Waals surface area contributed by atoms with E-state index in [0.29, 0.717) is 13.1 Å². The molecular weight excluding hydrogens is 278 g/mol. The van der Waals surface area contributed by atoms with Crippen LogP contribution < -0.4 is 0 Å². The van der Waals surface area contributed by atoms with Gasteiger partial charge >= 0.3 is 5.97 Å². The van der Waals surface area contributed by atoms with E-state index in [1.54, 1.807) is 0 Å². The maximum Gasteiger partial charge on any atom is 0.304 e. The zero-order valence-corrected chi connectivity index (χ0v) is 12.3. The summed E-state index contributed by atoms with van der Waals surface area (Å²) >= 11 is 0. The highest BCUT2D eigenvalue weighted by atomic mass is 32.2. The van der Waals surface area contributed by atoms with Gasteiger partial charge in [0.2, 0.25) is 0 Å². The molecule has 6 heteroatoms. The van der Waals surface area contributed by atoms with Gasteiger partial charge in [-0.25, -0.2) is 8.42 Å². The molecule has 20 heavy (non-hydrogen) atoms. The Morgan fingerprint density at radius 3 is 2.85 bits per heavy atom. The Morgan fingerprint density at radius 2 is 2.20 bits per heavy atom. The maximum atomic E-state index is 11.7. The average Bonchev–Trinajstić information content (AvgIpc) is 2.31. The SMILES string of the molecule is Cc1cccc(CN2CCS(=O)(=O)CC2CC(=O)O)c1. The van der Waals surface area contributed by atoms with Gasteiger partial charge in [0.15, 0.2) is 9.84 Å². The lowest BCUT2D eigenvalue weighted by Crippen LogP contribution is -2.48. The Balaban J connectivity index is 2.13. The average molecular weight is 297 g/mol. The lowest BCUT2D eigenvalue weighted by molar-refractivity contribution is -0.138. The third-order valence-electron chi connectivity index (χ3n) is 3.53. The van der Waals surface area contributed by atoms with Gasteiger partial charge in [-0.05, 0) is 12.5 Å². The molecule has 1 aliphatic heterocycles. The number of benzene rings is 1. The first-order valence-corrected chi connectivity index (χ1v) is 8.40. The van der Waals surface area contributed by atoms with E-state index in [-0.39, 0.29) is 17.9 Å². The van der Waals surface area contributed by atoms with E-state index in [2.05, 4.69) is 0 Å². The first-order valence-electron chi connectivity index (χ1n) is 6.57. The summed E-state index contributed by atoms with van der Waals surface area (Å²) in [6.45, 7) is 2.99. The monoisotopic (exact) mass is 297 g/mol. The van der Waals surface area contributed by atoms with Crippen LogP contribution in [0.4, 0.5) is 0 Å². The van der Waals surface area contributed by atoms with Crippen molar-refractivity contribution in [2.24, 2.45) is 0 Å². The fourth-order valence-electron chi connectivity index (χ4n) is 2.56. The highest BCUT2D eigenvalue weighted by Crippen LogP contribution is 2.18. The van der Waals surface area contributed by atoms with Crippen molar-refractivity contribution in [1.82, 2.24) is 4.90 Å². The lowest BCUT2D eigenvalue weighted by atomic mass is 10.1. The van der Waals surface area contributed by atoms with Crippen molar-refractivity contribution in [2.45, 2.75) is 25.9 Å². The Labute approximate surface area is 119 Å². The molecule has 2 rings (SSSR count). The smallest absolute Gasteiger partial charge is 0.304 e. The van der Waals surface area contributed by atoms with Crippen LogP contribution in [-0.2, 0) is 21.2 Å². The van der Waals surface area contributed by atoms with Crippen LogP contribution in [0.3, 0.4) is 0 Å². The van der Waals surface area contributed by atoms with Crippen molar-refractivity contribution in [1.29, 1.82) is 0 Å². The molecule has 1 aliphatic rings. The summed E-state index contributed by atoms with van der Waals surface area (Å²) in [5.74, 6) is -0.915. The Hall–Kier alpha value is -1.40. The summed E-state index contributed by atoms with van der Waals surface area (Å²) in [5.41, 5.74) is 2.22. The number of hydrogen-bond donors (Lipinski definition) is 1. The van der Waals surface area contributed by atoms with Crippen molar-refractivity contribution in [3.63, 3.8) is 0 Å². The van der Waals surface area contributed by atoms with Crippen LogP contribution in [0.25, 0.3) is 0 Å². The highest BCUT2D eigenvalue weighted by Gasteiger charge is 2.32. The van der Waals surface area contributed by atoms with Crippen molar-refractivity contribution >= 4 is 15.8 Å². The molecule has 0 amide bonds. The van der Waals surface area contributed by atoms with Crippen molar-refractivity contribution in [3.05, 3.63) is 35.4 Å².